The molecular weight excluding hydrogens is 462 g/mol. The van der Waals surface area contributed by atoms with Crippen LogP contribution in [0.5, 0.6) is 11.5 Å². The molecule has 3 aromatic rings. The Kier molecular flexibility index (Phi) is 5.88. The molecule has 0 aliphatic heterocycles. The van der Waals surface area contributed by atoms with Gasteiger partial charge >= 0.3 is 0 Å². The van der Waals surface area contributed by atoms with Crippen molar-refractivity contribution in [3.63, 3.8) is 0 Å². The number of hydrogen-bond donors (Lipinski definition) is 3. The van der Waals surface area contributed by atoms with Crippen molar-refractivity contribution in [2.24, 2.45) is 0 Å². The summed E-state index contributed by atoms with van der Waals surface area (Å²) in [5, 5.41) is 2.66. The molecule has 2 aromatic carbocycles. The Morgan fingerprint density at radius 3 is 2.78 bits per heavy atom. The predicted octanol–water partition coefficient (Wildman–Crippen LogP) is 4.92. The van der Waals surface area contributed by atoms with E-state index >= 15 is 0 Å². The van der Waals surface area contributed by atoms with E-state index < -0.39 is 11.7 Å². The van der Waals surface area contributed by atoms with Gasteiger partial charge in [0.1, 0.15) is 11.4 Å². The van der Waals surface area contributed by atoms with E-state index in [0.717, 1.165) is 0 Å². The van der Waals surface area contributed by atoms with Crippen molar-refractivity contribution in [1.82, 2.24) is 15.3 Å². The van der Waals surface area contributed by atoms with Gasteiger partial charge in [-0.3, -0.25) is 4.79 Å². The molecule has 1 heterocycles. The number of carbonyl (C=O) groups excluding carboxylic acids is 1. The van der Waals surface area contributed by atoms with Crippen molar-refractivity contribution in [1.29, 1.82) is 0 Å². The number of aromatic amines is 1. The molecule has 0 radical (unpaired) electrons. The van der Waals surface area contributed by atoms with Crippen molar-refractivity contribution >= 4 is 50.7 Å². The normalized spacial score (nSPS) is 10.7. The molecule has 0 unspecified atom stereocenters. The maximum absolute atomic E-state index is 14.8. The molecule has 6 nitrogen and oxygen atoms in total. The van der Waals surface area contributed by atoms with Gasteiger partial charge in [0.05, 0.1) is 11.3 Å². The number of ether oxygens (including phenoxy) is 1. The first-order chi connectivity index (χ1) is 12.8. The van der Waals surface area contributed by atoms with Crippen LogP contribution in [0.2, 0.25) is 10.2 Å². The first-order valence-electron chi connectivity index (χ1n) is 7.53. The van der Waals surface area contributed by atoms with Crippen molar-refractivity contribution < 1.29 is 13.9 Å². The summed E-state index contributed by atoms with van der Waals surface area (Å²) in [6, 6.07) is 7.77. The molecule has 3 rings (SSSR count). The Morgan fingerprint density at radius 1 is 1.33 bits per heavy atom. The fourth-order valence-corrected chi connectivity index (χ4v) is 3.13. The van der Waals surface area contributed by atoms with Gasteiger partial charge in [-0.15, -0.1) is 0 Å². The summed E-state index contributed by atoms with van der Waals surface area (Å²) < 4.78 is 21.1. The summed E-state index contributed by atoms with van der Waals surface area (Å²) >= 11 is 15.1. The molecule has 10 heteroatoms. The fourth-order valence-electron chi connectivity index (χ4n) is 2.27. The van der Waals surface area contributed by atoms with Crippen LogP contribution in [0.1, 0.15) is 16.1 Å². The minimum absolute atomic E-state index is 0.0281. The summed E-state index contributed by atoms with van der Waals surface area (Å²) in [5.41, 5.74) is 6.47. The number of nitrogen functional groups attached to an aromatic ring is 1. The number of rotatable bonds is 5. The standard InChI is InChI=1S/C17H12BrCl2FN4O2/c18-9-3-10(22)5-11(4-9)27-15-12(19)2-1-8(13(15)21)6-23-17(26)14-16(20)25-7-24-14/h1-5,7H,6,22H2,(H,23,26)(H,24,25). The monoisotopic (exact) mass is 472 g/mol. The molecule has 1 aromatic heterocycles. The lowest BCUT2D eigenvalue weighted by atomic mass is 10.2. The molecule has 1 amide bonds. The van der Waals surface area contributed by atoms with Gasteiger partial charge < -0.3 is 20.8 Å². The smallest absolute Gasteiger partial charge is 0.271 e. The second-order valence-electron chi connectivity index (χ2n) is 5.42. The lowest BCUT2D eigenvalue weighted by Gasteiger charge is -2.13. The largest absolute Gasteiger partial charge is 0.453 e. The number of amides is 1. The molecule has 0 fully saturated rings. The van der Waals surface area contributed by atoms with E-state index in [1.54, 1.807) is 12.1 Å². The van der Waals surface area contributed by atoms with E-state index in [4.69, 9.17) is 33.7 Å². The van der Waals surface area contributed by atoms with Gasteiger partial charge in [0, 0.05) is 28.3 Å². The molecule has 0 aliphatic rings. The zero-order valence-corrected chi connectivity index (χ0v) is 16.6. The van der Waals surface area contributed by atoms with Crippen LogP contribution in [0.25, 0.3) is 0 Å². The molecule has 27 heavy (non-hydrogen) atoms. The highest BCUT2D eigenvalue weighted by Gasteiger charge is 2.17. The number of imidazole rings is 1. The van der Waals surface area contributed by atoms with Crippen LogP contribution in [-0.2, 0) is 6.54 Å². The van der Waals surface area contributed by atoms with Crippen LogP contribution in [-0.4, -0.2) is 15.9 Å². The molecule has 4 N–H and O–H groups in total. The summed E-state index contributed by atoms with van der Waals surface area (Å²) in [6.45, 7) is -0.103. The Labute approximate surface area is 172 Å². The van der Waals surface area contributed by atoms with Gasteiger partial charge in [0.25, 0.3) is 5.91 Å². The number of anilines is 1. The van der Waals surface area contributed by atoms with Crippen molar-refractivity contribution in [2.75, 3.05) is 5.73 Å². The van der Waals surface area contributed by atoms with Gasteiger partial charge in [0.2, 0.25) is 0 Å². The maximum atomic E-state index is 14.8. The predicted molar refractivity (Wildman–Crippen MR) is 105 cm³/mol. The summed E-state index contributed by atoms with van der Waals surface area (Å²) in [6.07, 6.45) is 1.29. The maximum Gasteiger partial charge on any atom is 0.271 e. The Balaban J connectivity index is 1.81. The number of nitrogens with one attached hydrogen (secondary N) is 2. The van der Waals surface area contributed by atoms with Crippen LogP contribution in [0.3, 0.4) is 0 Å². The Bertz CT molecular complexity index is 992. The average molecular weight is 474 g/mol. The first kappa shape index (κ1) is 19.5. The zero-order chi connectivity index (χ0) is 19.6. The second-order valence-corrected chi connectivity index (χ2v) is 7.10. The van der Waals surface area contributed by atoms with Crippen molar-refractivity contribution in [3.05, 3.63) is 68.4 Å². The Morgan fingerprint density at radius 2 is 2.11 bits per heavy atom. The number of H-pyrrole nitrogens is 1. The third-order valence-electron chi connectivity index (χ3n) is 3.50. The number of hydrogen-bond acceptors (Lipinski definition) is 4. The molecule has 0 spiro atoms. The number of carbonyl (C=O) groups is 1. The third-order valence-corrected chi connectivity index (χ3v) is 4.54. The van der Waals surface area contributed by atoms with Gasteiger partial charge in [-0.25, -0.2) is 9.37 Å². The lowest BCUT2D eigenvalue weighted by molar-refractivity contribution is 0.0946. The van der Waals surface area contributed by atoms with E-state index in [9.17, 15) is 9.18 Å². The summed E-state index contributed by atoms with van der Waals surface area (Å²) in [5.74, 6) is -1.07. The molecule has 140 valence electrons. The van der Waals surface area contributed by atoms with Gasteiger partial charge in [-0.1, -0.05) is 45.2 Å². The van der Waals surface area contributed by atoms with Crippen LogP contribution in [0.4, 0.5) is 10.1 Å². The first-order valence-corrected chi connectivity index (χ1v) is 9.08. The molecule has 0 saturated carbocycles. The van der Waals surface area contributed by atoms with Gasteiger partial charge in [-0.05, 0) is 18.2 Å². The highest BCUT2D eigenvalue weighted by Crippen LogP contribution is 2.35. The third kappa shape index (κ3) is 4.52. The van der Waals surface area contributed by atoms with E-state index in [2.05, 4.69) is 31.2 Å². The van der Waals surface area contributed by atoms with Crippen LogP contribution < -0.4 is 15.8 Å². The van der Waals surface area contributed by atoms with E-state index in [1.165, 1.54) is 24.5 Å². The Hall–Kier alpha value is -2.29. The number of nitrogens with zero attached hydrogens (tertiary/aromatic N) is 1. The molecule has 0 saturated heterocycles. The highest BCUT2D eigenvalue weighted by molar-refractivity contribution is 9.10. The van der Waals surface area contributed by atoms with Gasteiger partial charge in [-0.2, -0.15) is 0 Å². The van der Waals surface area contributed by atoms with Crippen LogP contribution in [0, 0.1) is 5.82 Å². The summed E-state index contributed by atoms with van der Waals surface area (Å²) in [7, 11) is 0. The van der Waals surface area contributed by atoms with Crippen LogP contribution in [0.15, 0.2) is 41.1 Å². The minimum atomic E-state index is -0.697. The van der Waals surface area contributed by atoms with Crippen molar-refractivity contribution in [2.45, 2.75) is 6.54 Å². The number of halogens is 4. The summed E-state index contributed by atoms with van der Waals surface area (Å²) in [4.78, 5) is 18.4. The van der Waals surface area contributed by atoms with Crippen molar-refractivity contribution in [3.8, 4) is 11.5 Å². The number of benzene rings is 2. The highest BCUT2D eigenvalue weighted by atomic mass is 79.9. The average Bonchev–Trinajstić information content (AvgIpc) is 3.03. The van der Waals surface area contributed by atoms with E-state index in [-0.39, 0.29) is 33.7 Å². The number of nitrogens with two attached hydrogens (primary N) is 1. The van der Waals surface area contributed by atoms with Gasteiger partial charge in [0.15, 0.2) is 16.7 Å². The fraction of sp³-hybridized carbons (Fsp3) is 0.0588. The zero-order valence-electron chi connectivity index (χ0n) is 13.5. The van der Waals surface area contributed by atoms with Crippen LogP contribution >= 0.6 is 39.1 Å². The number of aromatic nitrogens is 2. The molecule has 0 atom stereocenters. The molecule has 0 bridgehead atoms. The molecular formula is C17H12BrCl2FN4O2. The SMILES string of the molecule is Nc1cc(Br)cc(Oc2c(Cl)ccc(CNC(=O)c3[nH]cnc3Cl)c2F)c1. The second kappa shape index (κ2) is 8.16. The van der Waals surface area contributed by atoms with E-state index in [0.29, 0.717) is 15.9 Å². The minimum Gasteiger partial charge on any atom is -0.453 e. The topological polar surface area (TPSA) is 93.0 Å². The van der Waals surface area contributed by atoms with E-state index in [1.807, 2.05) is 0 Å². The lowest BCUT2D eigenvalue weighted by Crippen LogP contribution is -2.24. The quantitative estimate of drug-likeness (QED) is 0.458. The molecule has 0 aliphatic carbocycles.